The molecule has 0 spiro atoms. The highest BCUT2D eigenvalue weighted by molar-refractivity contribution is 6.08. The van der Waals surface area contributed by atoms with Crippen LogP contribution in [0.25, 0.3) is 11.4 Å². The van der Waals surface area contributed by atoms with Gasteiger partial charge in [-0.3, -0.25) is 9.20 Å². The first-order valence-corrected chi connectivity index (χ1v) is 7.27. The number of allylic oxidation sites excluding steroid dienone is 1. The van der Waals surface area contributed by atoms with Crippen molar-refractivity contribution in [1.82, 2.24) is 19.7 Å². The highest BCUT2D eigenvalue weighted by atomic mass is 19.4. The largest absolute Gasteiger partial charge is 0.455 e. The maximum absolute atomic E-state index is 13.3. The SMILES string of the molecule is Cc1cn2c(=O)c(/C(C=N)=C/NCC(F)(F)C(F)(F)F)c(C(F)(F)F)nc2[nH]1. The van der Waals surface area contributed by atoms with Crippen molar-refractivity contribution in [2.24, 2.45) is 0 Å². The molecular weight excluding hydrogens is 406 g/mol. The molecule has 28 heavy (non-hydrogen) atoms. The Morgan fingerprint density at radius 3 is 2.36 bits per heavy atom. The Bertz CT molecular complexity index is 982. The van der Waals surface area contributed by atoms with Crippen LogP contribution in [0.1, 0.15) is 17.0 Å². The van der Waals surface area contributed by atoms with Gasteiger partial charge in [-0.25, -0.2) is 4.98 Å². The van der Waals surface area contributed by atoms with Crippen molar-refractivity contribution in [1.29, 1.82) is 5.41 Å². The Hall–Kier alpha value is -2.93. The number of alkyl halides is 8. The van der Waals surface area contributed by atoms with E-state index in [-0.39, 0.29) is 11.9 Å². The molecule has 0 aliphatic heterocycles. The van der Waals surface area contributed by atoms with Crippen molar-refractivity contribution in [2.45, 2.75) is 25.2 Å². The van der Waals surface area contributed by atoms with E-state index in [0.29, 0.717) is 10.6 Å². The first kappa shape index (κ1) is 21.4. The lowest BCUT2D eigenvalue weighted by Crippen LogP contribution is -2.44. The van der Waals surface area contributed by atoms with E-state index >= 15 is 0 Å². The van der Waals surface area contributed by atoms with Gasteiger partial charge in [0.1, 0.15) is 0 Å². The smallest absolute Gasteiger partial charge is 0.384 e. The summed E-state index contributed by atoms with van der Waals surface area (Å²) in [7, 11) is 0. The lowest BCUT2D eigenvalue weighted by molar-refractivity contribution is -0.278. The predicted molar refractivity (Wildman–Crippen MR) is 81.3 cm³/mol. The fraction of sp³-hybridized carbons (Fsp3) is 0.357. The van der Waals surface area contributed by atoms with Crippen LogP contribution in [0.15, 0.2) is 17.2 Å². The van der Waals surface area contributed by atoms with Crippen molar-refractivity contribution in [2.75, 3.05) is 6.54 Å². The number of aromatic amines is 1. The standard InChI is InChI=1S/C14H11F8N5O/c1-6-4-27-10(28)8(9(13(17,18)19)26-11(27)25-6)7(2-23)3-24-5-12(15,16)14(20,21)22/h2-4,23-24H,5H2,1H3,(H,25,26)/b7-3+,23-2?. The minimum absolute atomic E-state index is 0.207. The van der Waals surface area contributed by atoms with Crippen LogP contribution in [0.5, 0.6) is 0 Å². The second-order valence-electron chi connectivity index (χ2n) is 5.60. The molecule has 154 valence electrons. The number of aromatic nitrogens is 3. The van der Waals surface area contributed by atoms with Crippen LogP contribution in [0, 0.1) is 12.3 Å². The van der Waals surface area contributed by atoms with E-state index in [1.54, 1.807) is 0 Å². The summed E-state index contributed by atoms with van der Waals surface area (Å²) in [4.78, 5) is 18.1. The molecule has 0 saturated carbocycles. The number of H-pyrrole nitrogens is 1. The molecule has 6 nitrogen and oxygen atoms in total. The van der Waals surface area contributed by atoms with Crippen LogP contribution in [-0.4, -0.2) is 39.2 Å². The Labute approximate surface area is 150 Å². The van der Waals surface area contributed by atoms with Gasteiger partial charge < -0.3 is 15.7 Å². The van der Waals surface area contributed by atoms with Crippen molar-refractivity contribution in [3.8, 4) is 0 Å². The molecule has 0 saturated heterocycles. The summed E-state index contributed by atoms with van der Waals surface area (Å²) in [5, 5.41) is 8.68. The van der Waals surface area contributed by atoms with Crippen molar-refractivity contribution >= 4 is 17.6 Å². The third-order valence-corrected chi connectivity index (χ3v) is 3.46. The number of aryl methyl sites for hydroxylation is 1. The molecule has 2 aromatic rings. The quantitative estimate of drug-likeness (QED) is 0.516. The van der Waals surface area contributed by atoms with E-state index < -0.39 is 53.0 Å². The third kappa shape index (κ3) is 3.99. The minimum Gasteiger partial charge on any atom is -0.384 e. The van der Waals surface area contributed by atoms with E-state index in [9.17, 15) is 39.9 Å². The Balaban J connectivity index is 2.58. The highest BCUT2D eigenvalue weighted by Gasteiger charge is 2.57. The zero-order chi connectivity index (χ0) is 21.5. The van der Waals surface area contributed by atoms with Crippen LogP contribution in [0.4, 0.5) is 35.1 Å². The summed E-state index contributed by atoms with van der Waals surface area (Å²) in [6, 6.07) is 0. The van der Waals surface area contributed by atoms with Crippen LogP contribution in [0.3, 0.4) is 0 Å². The summed E-state index contributed by atoms with van der Waals surface area (Å²) in [5.41, 5.74) is -4.80. The fourth-order valence-electron chi connectivity index (χ4n) is 2.18. The molecule has 0 unspecified atom stereocenters. The summed E-state index contributed by atoms with van der Waals surface area (Å²) in [5.74, 6) is -5.64. The van der Waals surface area contributed by atoms with Gasteiger partial charge in [-0.05, 0) is 6.92 Å². The van der Waals surface area contributed by atoms with E-state index in [0.717, 1.165) is 6.20 Å². The Kier molecular flexibility index (Phi) is 5.27. The first-order valence-electron chi connectivity index (χ1n) is 7.27. The Morgan fingerprint density at radius 1 is 1.25 bits per heavy atom. The molecule has 2 heterocycles. The summed E-state index contributed by atoms with van der Waals surface area (Å²) >= 11 is 0. The molecular formula is C14H11F8N5O. The van der Waals surface area contributed by atoms with Gasteiger partial charge in [0.15, 0.2) is 5.69 Å². The highest BCUT2D eigenvalue weighted by Crippen LogP contribution is 2.35. The summed E-state index contributed by atoms with van der Waals surface area (Å²) in [6.45, 7) is -0.579. The molecule has 2 rings (SSSR count). The molecule has 0 atom stereocenters. The maximum Gasteiger partial charge on any atom is 0.455 e. The molecule has 14 heteroatoms. The summed E-state index contributed by atoms with van der Waals surface area (Å²) in [6.07, 6.45) is -9.44. The topological polar surface area (TPSA) is 86.0 Å². The molecule has 0 aliphatic rings. The van der Waals surface area contributed by atoms with Gasteiger partial charge in [-0.2, -0.15) is 35.1 Å². The van der Waals surface area contributed by atoms with Gasteiger partial charge in [0.2, 0.25) is 5.78 Å². The second-order valence-corrected chi connectivity index (χ2v) is 5.60. The van der Waals surface area contributed by atoms with E-state index in [2.05, 4.69) is 9.97 Å². The average Bonchev–Trinajstić information content (AvgIpc) is 2.91. The molecule has 0 bridgehead atoms. The van der Waals surface area contributed by atoms with Crippen LogP contribution < -0.4 is 10.9 Å². The molecule has 2 aromatic heterocycles. The zero-order valence-electron chi connectivity index (χ0n) is 13.8. The lowest BCUT2D eigenvalue weighted by Gasteiger charge is -2.19. The number of nitrogens with one attached hydrogen (secondary N) is 3. The van der Waals surface area contributed by atoms with Gasteiger partial charge in [0, 0.05) is 29.9 Å². The molecule has 0 fully saturated rings. The van der Waals surface area contributed by atoms with E-state index in [1.807, 2.05) is 0 Å². The number of hydrogen-bond donors (Lipinski definition) is 3. The van der Waals surface area contributed by atoms with Gasteiger partial charge in [-0.15, -0.1) is 0 Å². The first-order chi connectivity index (χ1) is 12.7. The second kappa shape index (κ2) is 6.91. The number of imidazole rings is 1. The molecule has 0 aliphatic carbocycles. The predicted octanol–water partition coefficient (Wildman–Crippen LogP) is 3.13. The van der Waals surface area contributed by atoms with Crippen LogP contribution in [-0.2, 0) is 6.18 Å². The van der Waals surface area contributed by atoms with Crippen LogP contribution in [0.2, 0.25) is 0 Å². The monoisotopic (exact) mass is 417 g/mol. The van der Waals surface area contributed by atoms with Crippen molar-refractivity contribution in [3.05, 3.63) is 39.7 Å². The molecule has 3 N–H and O–H groups in total. The van der Waals surface area contributed by atoms with Crippen molar-refractivity contribution < 1.29 is 35.1 Å². The third-order valence-electron chi connectivity index (χ3n) is 3.46. The lowest BCUT2D eigenvalue weighted by atomic mass is 10.1. The number of halogens is 8. The van der Waals surface area contributed by atoms with Crippen molar-refractivity contribution in [3.63, 3.8) is 0 Å². The normalized spacial score (nSPS) is 13.8. The molecule has 0 radical (unpaired) electrons. The average molecular weight is 417 g/mol. The number of rotatable bonds is 5. The summed E-state index contributed by atoms with van der Waals surface area (Å²) < 4.78 is 103. The number of fused-ring (bicyclic) bond motifs is 1. The maximum atomic E-state index is 13.3. The number of nitrogens with zero attached hydrogens (tertiary/aromatic N) is 2. The van der Waals surface area contributed by atoms with Gasteiger partial charge in [-0.1, -0.05) is 0 Å². The molecule has 0 aromatic carbocycles. The molecule has 0 amide bonds. The van der Waals surface area contributed by atoms with E-state index in [1.165, 1.54) is 12.2 Å². The zero-order valence-corrected chi connectivity index (χ0v) is 13.8. The van der Waals surface area contributed by atoms with Gasteiger partial charge in [0.05, 0.1) is 12.1 Å². The van der Waals surface area contributed by atoms with Gasteiger partial charge >= 0.3 is 18.3 Å². The van der Waals surface area contributed by atoms with Gasteiger partial charge in [0.25, 0.3) is 5.56 Å². The van der Waals surface area contributed by atoms with Crippen LogP contribution >= 0.6 is 0 Å². The minimum atomic E-state index is -5.89. The Morgan fingerprint density at radius 2 is 1.86 bits per heavy atom. The fourth-order valence-corrected chi connectivity index (χ4v) is 2.18. The number of hydrogen-bond acceptors (Lipinski definition) is 4. The van der Waals surface area contributed by atoms with E-state index in [4.69, 9.17) is 5.41 Å².